The van der Waals surface area contributed by atoms with Gasteiger partial charge in [-0.3, -0.25) is 4.31 Å². The van der Waals surface area contributed by atoms with Gasteiger partial charge < -0.3 is 4.57 Å². The van der Waals surface area contributed by atoms with E-state index in [4.69, 9.17) is 0 Å². The number of imidazole rings is 1. The van der Waals surface area contributed by atoms with Crippen LogP contribution in [0.3, 0.4) is 0 Å². The summed E-state index contributed by atoms with van der Waals surface area (Å²) in [5, 5.41) is 0.0500. The highest BCUT2D eigenvalue weighted by Crippen LogP contribution is 2.21. The Kier molecular flexibility index (Phi) is 3.13. The maximum absolute atomic E-state index is 12.3. The molecular formula is C12H15N3O2S. The summed E-state index contributed by atoms with van der Waals surface area (Å²) in [6.45, 7) is 1.92. The molecule has 1 aromatic carbocycles. The highest BCUT2D eigenvalue weighted by atomic mass is 32.2. The van der Waals surface area contributed by atoms with Crippen molar-refractivity contribution in [1.29, 1.82) is 0 Å². The van der Waals surface area contributed by atoms with Crippen molar-refractivity contribution < 1.29 is 8.42 Å². The number of aromatic nitrogens is 2. The second-order valence-electron chi connectivity index (χ2n) is 4.19. The normalized spacial score (nSPS) is 11.5. The highest BCUT2D eigenvalue weighted by Gasteiger charge is 2.23. The molecule has 1 aromatic heterocycles. The van der Waals surface area contributed by atoms with Crippen molar-refractivity contribution in [3.8, 4) is 0 Å². The van der Waals surface area contributed by atoms with E-state index in [0.717, 1.165) is 5.56 Å². The number of sulfonamides is 1. The van der Waals surface area contributed by atoms with E-state index in [1.807, 2.05) is 25.1 Å². The summed E-state index contributed by atoms with van der Waals surface area (Å²) in [5.41, 5.74) is 1.64. The average molecular weight is 265 g/mol. The van der Waals surface area contributed by atoms with E-state index in [-0.39, 0.29) is 5.03 Å². The lowest BCUT2D eigenvalue weighted by molar-refractivity contribution is 0.591. The van der Waals surface area contributed by atoms with Crippen LogP contribution in [0.5, 0.6) is 0 Å². The van der Waals surface area contributed by atoms with Crippen LogP contribution in [0.1, 0.15) is 5.56 Å². The van der Waals surface area contributed by atoms with Gasteiger partial charge in [0.1, 0.15) is 0 Å². The van der Waals surface area contributed by atoms with Crippen LogP contribution >= 0.6 is 0 Å². The molecule has 0 saturated heterocycles. The minimum atomic E-state index is -3.59. The lowest BCUT2D eigenvalue weighted by Crippen LogP contribution is -2.26. The molecule has 6 heteroatoms. The first-order valence-corrected chi connectivity index (χ1v) is 6.89. The Hall–Kier alpha value is -1.82. The molecule has 0 amide bonds. The molecule has 2 rings (SSSR count). The van der Waals surface area contributed by atoms with Crippen LogP contribution in [0, 0.1) is 6.92 Å². The molecule has 0 aliphatic heterocycles. The second kappa shape index (κ2) is 4.45. The number of hydrogen-bond acceptors (Lipinski definition) is 3. The fraction of sp³-hybridized carbons (Fsp3) is 0.250. The van der Waals surface area contributed by atoms with Crippen LogP contribution in [0.4, 0.5) is 5.69 Å². The number of hydrogen-bond donors (Lipinski definition) is 0. The predicted molar refractivity (Wildman–Crippen MR) is 70.0 cm³/mol. The Labute approximate surface area is 107 Å². The van der Waals surface area contributed by atoms with Gasteiger partial charge in [-0.25, -0.2) is 4.98 Å². The van der Waals surface area contributed by atoms with Crippen molar-refractivity contribution >= 4 is 15.7 Å². The molecular weight excluding hydrogens is 250 g/mol. The Balaban J connectivity index is 2.42. The maximum Gasteiger partial charge on any atom is 0.283 e. The molecule has 2 aromatic rings. The van der Waals surface area contributed by atoms with Gasteiger partial charge in [0.05, 0.1) is 12.0 Å². The van der Waals surface area contributed by atoms with Crippen LogP contribution in [-0.4, -0.2) is 25.0 Å². The van der Waals surface area contributed by atoms with E-state index >= 15 is 0 Å². The topological polar surface area (TPSA) is 55.2 Å². The number of anilines is 1. The van der Waals surface area contributed by atoms with Gasteiger partial charge in [-0.2, -0.15) is 8.42 Å². The first kappa shape index (κ1) is 12.6. The van der Waals surface area contributed by atoms with E-state index < -0.39 is 10.0 Å². The standard InChI is InChI=1S/C12H15N3O2S/c1-10-5-4-6-11(7-10)15(3)18(16,17)12-8-14(2)9-13-12/h4-9H,1-3H3. The van der Waals surface area contributed by atoms with Crippen molar-refractivity contribution in [1.82, 2.24) is 9.55 Å². The Morgan fingerprint density at radius 1 is 1.33 bits per heavy atom. The van der Waals surface area contributed by atoms with Crippen LogP contribution in [-0.2, 0) is 17.1 Å². The Morgan fingerprint density at radius 3 is 2.61 bits per heavy atom. The summed E-state index contributed by atoms with van der Waals surface area (Å²) < 4.78 is 27.5. The zero-order chi connectivity index (χ0) is 13.3. The third-order valence-corrected chi connectivity index (χ3v) is 4.34. The van der Waals surface area contributed by atoms with E-state index in [0.29, 0.717) is 5.69 Å². The van der Waals surface area contributed by atoms with Crippen molar-refractivity contribution in [2.24, 2.45) is 7.05 Å². The van der Waals surface area contributed by atoms with Gasteiger partial charge >= 0.3 is 0 Å². The third kappa shape index (κ3) is 2.24. The lowest BCUT2D eigenvalue weighted by Gasteiger charge is -2.18. The monoisotopic (exact) mass is 265 g/mol. The molecule has 0 unspecified atom stereocenters. The number of rotatable bonds is 3. The molecule has 0 fully saturated rings. The molecule has 0 aliphatic rings. The van der Waals surface area contributed by atoms with Crippen LogP contribution in [0.2, 0.25) is 0 Å². The van der Waals surface area contributed by atoms with Crippen molar-refractivity contribution in [3.05, 3.63) is 42.4 Å². The molecule has 0 bridgehead atoms. The van der Waals surface area contributed by atoms with Crippen molar-refractivity contribution in [3.63, 3.8) is 0 Å². The van der Waals surface area contributed by atoms with Gasteiger partial charge in [0.2, 0.25) is 0 Å². The minimum absolute atomic E-state index is 0.0500. The van der Waals surface area contributed by atoms with Gasteiger partial charge in [-0.1, -0.05) is 12.1 Å². The summed E-state index contributed by atoms with van der Waals surface area (Å²) in [5.74, 6) is 0. The molecule has 0 atom stereocenters. The third-order valence-electron chi connectivity index (χ3n) is 2.67. The zero-order valence-electron chi connectivity index (χ0n) is 10.5. The summed E-state index contributed by atoms with van der Waals surface area (Å²) in [7, 11) is -0.325. The fourth-order valence-electron chi connectivity index (χ4n) is 1.62. The lowest BCUT2D eigenvalue weighted by atomic mass is 10.2. The van der Waals surface area contributed by atoms with Gasteiger partial charge in [0.25, 0.3) is 10.0 Å². The van der Waals surface area contributed by atoms with E-state index in [1.165, 1.54) is 23.9 Å². The fourth-order valence-corrected chi connectivity index (χ4v) is 2.78. The maximum atomic E-state index is 12.3. The molecule has 0 N–H and O–H groups in total. The van der Waals surface area contributed by atoms with E-state index in [1.54, 1.807) is 17.7 Å². The summed E-state index contributed by atoms with van der Waals surface area (Å²) in [4.78, 5) is 3.89. The number of nitrogens with zero attached hydrogens (tertiary/aromatic N) is 3. The Morgan fingerprint density at radius 2 is 2.06 bits per heavy atom. The largest absolute Gasteiger partial charge is 0.339 e. The van der Waals surface area contributed by atoms with Crippen molar-refractivity contribution in [2.45, 2.75) is 11.9 Å². The molecule has 1 heterocycles. The predicted octanol–water partition coefficient (Wildman–Crippen LogP) is 1.55. The van der Waals surface area contributed by atoms with Crippen LogP contribution < -0.4 is 4.31 Å². The SMILES string of the molecule is Cc1cccc(N(C)S(=O)(=O)c2cn(C)cn2)c1. The summed E-state index contributed by atoms with van der Waals surface area (Å²) in [6, 6.07) is 7.33. The molecule has 5 nitrogen and oxygen atoms in total. The molecule has 0 spiro atoms. The smallest absolute Gasteiger partial charge is 0.283 e. The highest BCUT2D eigenvalue weighted by molar-refractivity contribution is 7.92. The quantitative estimate of drug-likeness (QED) is 0.846. The summed E-state index contributed by atoms with van der Waals surface area (Å²) in [6.07, 6.45) is 2.96. The van der Waals surface area contributed by atoms with Crippen LogP contribution in [0.15, 0.2) is 41.8 Å². The Bertz CT molecular complexity index is 661. The molecule has 18 heavy (non-hydrogen) atoms. The molecule has 0 radical (unpaired) electrons. The minimum Gasteiger partial charge on any atom is -0.339 e. The van der Waals surface area contributed by atoms with Crippen LogP contribution in [0.25, 0.3) is 0 Å². The zero-order valence-corrected chi connectivity index (χ0v) is 11.3. The van der Waals surface area contributed by atoms with Gasteiger partial charge in [-0.05, 0) is 24.6 Å². The van der Waals surface area contributed by atoms with Crippen molar-refractivity contribution in [2.75, 3.05) is 11.4 Å². The summed E-state index contributed by atoms with van der Waals surface area (Å²) >= 11 is 0. The molecule has 0 aliphatic carbocycles. The number of aryl methyl sites for hydroxylation is 2. The second-order valence-corrected chi connectivity index (χ2v) is 6.11. The first-order chi connectivity index (χ1) is 8.41. The van der Waals surface area contributed by atoms with Gasteiger partial charge in [-0.15, -0.1) is 0 Å². The van der Waals surface area contributed by atoms with Gasteiger partial charge in [0, 0.05) is 20.3 Å². The van der Waals surface area contributed by atoms with E-state index in [9.17, 15) is 8.42 Å². The molecule has 96 valence electrons. The average Bonchev–Trinajstić information content (AvgIpc) is 2.75. The first-order valence-electron chi connectivity index (χ1n) is 5.45. The number of benzene rings is 1. The molecule has 0 saturated carbocycles. The van der Waals surface area contributed by atoms with Gasteiger partial charge in [0.15, 0.2) is 5.03 Å². The van der Waals surface area contributed by atoms with E-state index in [2.05, 4.69) is 4.98 Å².